The van der Waals surface area contributed by atoms with Crippen LogP contribution < -0.4 is 9.64 Å². The Balaban J connectivity index is 2.79. The normalized spacial score (nSPS) is 11.2. The Bertz CT molecular complexity index is 1070. The van der Waals surface area contributed by atoms with Crippen LogP contribution in [0.1, 0.15) is 74.3 Å². The number of ether oxygens (including phenoxy) is 2. The maximum atomic E-state index is 12.7. The number of nitrogens with zero attached hydrogens (tertiary/aromatic N) is 5. The molecule has 2 aromatic rings. The summed E-state index contributed by atoms with van der Waals surface area (Å²) < 4.78 is 13.2. The number of allylic oxidation sites excluding steroid dienone is 1. The lowest BCUT2D eigenvalue weighted by Crippen LogP contribution is -2.25. The van der Waals surface area contributed by atoms with Gasteiger partial charge in [0, 0.05) is 18.7 Å². The van der Waals surface area contributed by atoms with Crippen molar-refractivity contribution in [2.45, 2.75) is 74.8 Å². The Morgan fingerprint density at radius 1 is 1.03 bits per heavy atom. The molecular weight excluding hydrogens is 442 g/mol. The zero-order chi connectivity index (χ0) is 26.1. The quantitative estimate of drug-likeness (QED) is 0.181. The van der Waals surface area contributed by atoms with Gasteiger partial charge in [0.1, 0.15) is 11.3 Å². The first kappa shape index (κ1) is 28.1. The number of anilines is 1. The van der Waals surface area contributed by atoms with Crippen LogP contribution >= 0.6 is 0 Å². The Kier molecular flexibility index (Phi) is 10.5. The average Bonchev–Trinajstić information content (AvgIpc) is 3.15. The molecule has 0 N–H and O–H groups in total. The molecule has 0 aliphatic heterocycles. The number of carbonyl (C=O) groups excluding carboxylic acids is 1. The molecule has 0 radical (unpaired) electrons. The number of aromatic nitrogens is 2. The summed E-state index contributed by atoms with van der Waals surface area (Å²) in [6, 6.07) is 0. The van der Waals surface area contributed by atoms with E-state index in [1.165, 1.54) is 5.56 Å². The zero-order valence-corrected chi connectivity index (χ0v) is 22.7. The molecule has 8 heteroatoms. The fourth-order valence-electron chi connectivity index (χ4n) is 4.44. The highest BCUT2D eigenvalue weighted by Gasteiger charge is 2.26. The average molecular weight is 484 g/mol. The van der Waals surface area contributed by atoms with Crippen molar-refractivity contribution >= 4 is 23.2 Å². The molecule has 35 heavy (non-hydrogen) atoms. The summed E-state index contributed by atoms with van der Waals surface area (Å²) in [5.41, 5.74) is 6.19. The van der Waals surface area contributed by atoms with Gasteiger partial charge in [-0.3, -0.25) is 4.68 Å². The van der Waals surface area contributed by atoms with E-state index in [-0.39, 0.29) is 12.4 Å². The van der Waals surface area contributed by atoms with Gasteiger partial charge in [-0.05, 0) is 65.5 Å². The number of carbonyl (C=O) groups is 1. The van der Waals surface area contributed by atoms with Crippen molar-refractivity contribution in [1.29, 1.82) is 0 Å². The largest absolute Gasteiger partial charge is 0.491 e. The van der Waals surface area contributed by atoms with E-state index in [4.69, 9.17) is 9.47 Å². The number of rotatable bonds is 13. The summed E-state index contributed by atoms with van der Waals surface area (Å²) in [7, 11) is 0. The number of esters is 1. The molecule has 2 rings (SSSR count). The van der Waals surface area contributed by atoms with E-state index in [0.717, 1.165) is 54.2 Å². The van der Waals surface area contributed by atoms with Crippen molar-refractivity contribution in [3.63, 3.8) is 0 Å². The number of hydrogen-bond donors (Lipinski definition) is 0. The Labute approximate surface area is 210 Å². The van der Waals surface area contributed by atoms with Crippen molar-refractivity contribution in [2.75, 3.05) is 31.2 Å². The maximum Gasteiger partial charge on any atom is 0.343 e. The van der Waals surface area contributed by atoms with Gasteiger partial charge >= 0.3 is 5.97 Å². The van der Waals surface area contributed by atoms with Gasteiger partial charge < -0.3 is 14.4 Å². The van der Waals surface area contributed by atoms with E-state index < -0.39 is 5.97 Å². The summed E-state index contributed by atoms with van der Waals surface area (Å²) in [6.07, 6.45) is 3.30. The molecule has 8 nitrogen and oxygen atoms in total. The molecule has 0 spiro atoms. The molecule has 0 bridgehead atoms. The molecule has 0 saturated heterocycles. The molecule has 0 saturated carbocycles. The SMILES string of the molecule is C=CCn1nc(N=Nc2c(C)c(CC)c(N(CC)CC)c(OCC)c2CC)c(C(=O)OCC)c1C. The topological polar surface area (TPSA) is 81.3 Å². The van der Waals surface area contributed by atoms with E-state index in [1.807, 2.05) is 13.8 Å². The number of azo groups is 1. The Hall–Kier alpha value is -3.16. The summed E-state index contributed by atoms with van der Waals surface area (Å²) in [6.45, 7) is 23.1. The van der Waals surface area contributed by atoms with Crippen molar-refractivity contribution in [1.82, 2.24) is 9.78 Å². The minimum Gasteiger partial charge on any atom is -0.491 e. The van der Waals surface area contributed by atoms with Gasteiger partial charge in [-0.15, -0.1) is 21.9 Å². The molecule has 0 aliphatic rings. The van der Waals surface area contributed by atoms with Crippen molar-refractivity contribution in [3.8, 4) is 5.75 Å². The van der Waals surface area contributed by atoms with Crippen LogP contribution in [-0.4, -0.2) is 42.1 Å². The zero-order valence-electron chi connectivity index (χ0n) is 22.7. The van der Waals surface area contributed by atoms with Gasteiger partial charge in [0.05, 0.1) is 36.8 Å². The van der Waals surface area contributed by atoms with Crippen LogP contribution in [0.15, 0.2) is 22.9 Å². The molecule has 1 aromatic carbocycles. The van der Waals surface area contributed by atoms with E-state index in [0.29, 0.717) is 24.4 Å². The van der Waals surface area contributed by atoms with Gasteiger partial charge in [-0.25, -0.2) is 4.79 Å². The first-order chi connectivity index (χ1) is 16.8. The van der Waals surface area contributed by atoms with Crippen molar-refractivity contribution < 1.29 is 14.3 Å². The maximum absolute atomic E-state index is 12.7. The predicted molar refractivity (Wildman–Crippen MR) is 142 cm³/mol. The van der Waals surface area contributed by atoms with Crippen LogP contribution in [0.2, 0.25) is 0 Å². The van der Waals surface area contributed by atoms with Crippen LogP contribution in [0.25, 0.3) is 0 Å². The Morgan fingerprint density at radius 2 is 1.69 bits per heavy atom. The lowest BCUT2D eigenvalue weighted by atomic mass is 9.94. The summed E-state index contributed by atoms with van der Waals surface area (Å²) in [5.74, 6) is 0.657. The minimum atomic E-state index is -0.456. The second-order valence-electron chi connectivity index (χ2n) is 8.10. The first-order valence-corrected chi connectivity index (χ1v) is 12.7. The summed E-state index contributed by atoms with van der Waals surface area (Å²) >= 11 is 0. The monoisotopic (exact) mass is 483 g/mol. The van der Waals surface area contributed by atoms with Gasteiger partial charge in [-0.2, -0.15) is 0 Å². The molecule has 1 aromatic heterocycles. The lowest BCUT2D eigenvalue weighted by Gasteiger charge is -2.30. The van der Waals surface area contributed by atoms with Gasteiger partial charge in [-0.1, -0.05) is 19.9 Å². The van der Waals surface area contributed by atoms with Crippen LogP contribution in [0.4, 0.5) is 17.2 Å². The standard InChI is InChI=1S/C27H41N5O3/c1-10-17-32-19(9)22(27(33)35-16-7)26(30-32)29-28-23-18(8)20(11-2)24(31(13-4)14-5)25(34-15-6)21(23)12-3/h10H,1,11-17H2,2-9H3. The van der Waals surface area contributed by atoms with Crippen LogP contribution in [-0.2, 0) is 24.1 Å². The van der Waals surface area contributed by atoms with Crippen molar-refractivity contribution in [2.24, 2.45) is 10.2 Å². The van der Waals surface area contributed by atoms with Crippen LogP contribution in [0.5, 0.6) is 5.75 Å². The molecule has 192 valence electrons. The molecule has 0 aliphatic carbocycles. The lowest BCUT2D eigenvalue weighted by molar-refractivity contribution is 0.0526. The fraction of sp³-hybridized carbons (Fsp3) is 0.556. The molecule has 0 atom stereocenters. The minimum absolute atomic E-state index is 0.244. The van der Waals surface area contributed by atoms with Gasteiger partial charge in [0.25, 0.3) is 0 Å². The van der Waals surface area contributed by atoms with E-state index in [9.17, 15) is 4.79 Å². The molecule has 0 fully saturated rings. The molecule has 0 unspecified atom stereocenters. The van der Waals surface area contributed by atoms with Crippen LogP contribution in [0, 0.1) is 13.8 Å². The number of hydrogen-bond acceptors (Lipinski definition) is 7. The molecule has 1 heterocycles. The molecule has 0 amide bonds. The van der Waals surface area contributed by atoms with Gasteiger partial charge in [0.15, 0.2) is 0 Å². The second-order valence-corrected chi connectivity index (χ2v) is 8.10. The van der Waals surface area contributed by atoms with Gasteiger partial charge in [0.2, 0.25) is 5.82 Å². The summed E-state index contributed by atoms with van der Waals surface area (Å²) in [5, 5.41) is 13.7. The second kappa shape index (κ2) is 13.1. The number of benzene rings is 1. The third-order valence-electron chi connectivity index (χ3n) is 6.16. The Morgan fingerprint density at radius 3 is 2.20 bits per heavy atom. The third-order valence-corrected chi connectivity index (χ3v) is 6.16. The smallest absolute Gasteiger partial charge is 0.343 e. The van der Waals surface area contributed by atoms with Crippen molar-refractivity contribution in [3.05, 3.63) is 40.6 Å². The highest BCUT2D eigenvalue weighted by Crippen LogP contribution is 2.45. The van der Waals surface area contributed by atoms with E-state index in [2.05, 4.69) is 61.4 Å². The van der Waals surface area contributed by atoms with Crippen LogP contribution in [0.3, 0.4) is 0 Å². The van der Waals surface area contributed by atoms with E-state index in [1.54, 1.807) is 17.7 Å². The highest BCUT2D eigenvalue weighted by molar-refractivity contribution is 5.95. The highest BCUT2D eigenvalue weighted by atomic mass is 16.5. The first-order valence-electron chi connectivity index (χ1n) is 12.7. The fourth-order valence-corrected chi connectivity index (χ4v) is 4.44. The molecular formula is C27H41N5O3. The van der Waals surface area contributed by atoms with E-state index >= 15 is 0 Å². The third kappa shape index (κ3) is 5.74. The predicted octanol–water partition coefficient (Wildman–Crippen LogP) is 6.65. The summed E-state index contributed by atoms with van der Waals surface area (Å²) in [4.78, 5) is 15.0.